The maximum atomic E-state index is 12.7. The van der Waals surface area contributed by atoms with Gasteiger partial charge in [0, 0.05) is 26.2 Å². The fourth-order valence-corrected chi connectivity index (χ4v) is 3.23. The van der Waals surface area contributed by atoms with Crippen LogP contribution in [0.3, 0.4) is 0 Å². The minimum Gasteiger partial charge on any atom is -0.479 e. The molecular formula is C20H23N3O5. The molecule has 148 valence electrons. The first-order valence-corrected chi connectivity index (χ1v) is 9.13. The summed E-state index contributed by atoms with van der Waals surface area (Å²) in [7, 11) is 0. The third-order valence-electron chi connectivity index (χ3n) is 4.69. The van der Waals surface area contributed by atoms with Crippen molar-refractivity contribution < 1.29 is 23.9 Å². The Morgan fingerprint density at radius 2 is 1.82 bits per heavy atom. The van der Waals surface area contributed by atoms with Gasteiger partial charge in [-0.1, -0.05) is 29.8 Å². The summed E-state index contributed by atoms with van der Waals surface area (Å²) in [6, 6.07) is 8.72. The zero-order valence-corrected chi connectivity index (χ0v) is 15.6. The number of hydrogen-bond acceptors (Lipinski definition) is 4. The number of rotatable bonds is 4. The van der Waals surface area contributed by atoms with Gasteiger partial charge in [0.05, 0.1) is 6.26 Å². The summed E-state index contributed by atoms with van der Waals surface area (Å²) in [5.41, 5.74) is 1.44. The highest BCUT2D eigenvalue weighted by Gasteiger charge is 2.28. The largest absolute Gasteiger partial charge is 0.479 e. The molecule has 1 aliphatic rings. The molecule has 0 aliphatic carbocycles. The minimum absolute atomic E-state index is 0.213. The first kappa shape index (κ1) is 19.5. The fraction of sp³-hybridized carbons (Fsp3) is 0.350. The SMILES string of the molecule is Cc1cccc([C@@H](NC(=O)N2CCCN(C(=O)c3ccco3)CC2)C(=O)O)c1. The predicted molar refractivity (Wildman–Crippen MR) is 101 cm³/mol. The van der Waals surface area contributed by atoms with Crippen LogP contribution >= 0.6 is 0 Å². The highest BCUT2D eigenvalue weighted by atomic mass is 16.4. The van der Waals surface area contributed by atoms with Crippen molar-refractivity contribution in [3.63, 3.8) is 0 Å². The molecule has 1 fully saturated rings. The van der Waals surface area contributed by atoms with Crippen molar-refractivity contribution in [3.8, 4) is 0 Å². The Labute approximate surface area is 162 Å². The van der Waals surface area contributed by atoms with E-state index in [0.717, 1.165) is 5.56 Å². The topological polar surface area (TPSA) is 103 Å². The summed E-state index contributed by atoms with van der Waals surface area (Å²) < 4.78 is 5.15. The number of urea groups is 1. The number of carbonyl (C=O) groups excluding carboxylic acids is 2. The van der Waals surface area contributed by atoms with E-state index in [2.05, 4.69) is 5.32 Å². The number of hydrogen-bond donors (Lipinski definition) is 2. The Morgan fingerprint density at radius 1 is 1.07 bits per heavy atom. The third kappa shape index (κ3) is 4.51. The van der Waals surface area contributed by atoms with Gasteiger partial charge in [-0.25, -0.2) is 9.59 Å². The number of furan rings is 1. The molecule has 1 aromatic carbocycles. The van der Waals surface area contributed by atoms with Gasteiger partial charge in [0.15, 0.2) is 11.8 Å². The molecule has 2 N–H and O–H groups in total. The molecule has 0 spiro atoms. The number of carboxylic acid groups (broad SMARTS) is 1. The van der Waals surface area contributed by atoms with Gasteiger partial charge < -0.3 is 24.6 Å². The van der Waals surface area contributed by atoms with Crippen LogP contribution in [0.4, 0.5) is 4.79 Å². The van der Waals surface area contributed by atoms with Crippen LogP contribution in [0.25, 0.3) is 0 Å². The van der Waals surface area contributed by atoms with Gasteiger partial charge in [-0.3, -0.25) is 4.79 Å². The second kappa shape index (κ2) is 8.60. The van der Waals surface area contributed by atoms with Crippen LogP contribution < -0.4 is 5.32 Å². The molecule has 2 heterocycles. The van der Waals surface area contributed by atoms with Crippen LogP contribution in [0, 0.1) is 6.92 Å². The second-order valence-electron chi connectivity index (χ2n) is 6.74. The monoisotopic (exact) mass is 385 g/mol. The Bertz CT molecular complexity index is 849. The Morgan fingerprint density at radius 3 is 2.50 bits per heavy atom. The van der Waals surface area contributed by atoms with E-state index in [1.165, 1.54) is 6.26 Å². The van der Waals surface area contributed by atoms with Crippen molar-refractivity contribution in [3.05, 3.63) is 59.5 Å². The molecule has 3 amide bonds. The van der Waals surface area contributed by atoms with Gasteiger partial charge in [0.25, 0.3) is 5.91 Å². The molecule has 1 aliphatic heterocycles. The maximum Gasteiger partial charge on any atom is 0.330 e. The molecule has 2 aromatic rings. The van der Waals surface area contributed by atoms with E-state index < -0.39 is 18.0 Å². The summed E-state index contributed by atoms with van der Waals surface area (Å²) in [5, 5.41) is 12.1. The number of nitrogens with zero attached hydrogens (tertiary/aromatic N) is 2. The average Bonchev–Trinajstić information content (AvgIpc) is 3.09. The van der Waals surface area contributed by atoms with E-state index in [1.54, 1.807) is 40.1 Å². The highest BCUT2D eigenvalue weighted by Crippen LogP contribution is 2.16. The van der Waals surface area contributed by atoms with E-state index in [0.29, 0.717) is 38.2 Å². The molecule has 1 saturated heterocycles. The molecule has 0 radical (unpaired) electrons. The molecule has 3 rings (SSSR count). The lowest BCUT2D eigenvalue weighted by Gasteiger charge is -2.24. The maximum absolute atomic E-state index is 12.7. The van der Waals surface area contributed by atoms with E-state index >= 15 is 0 Å². The summed E-state index contributed by atoms with van der Waals surface area (Å²) in [6.07, 6.45) is 2.05. The van der Waals surface area contributed by atoms with E-state index in [-0.39, 0.29) is 11.7 Å². The number of carboxylic acids is 1. The summed E-state index contributed by atoms with van der Waals surface area (Å²) in [4.78, 5) is 39.9. The molecule has 0 unspecified atom stereocenters. The van der Waals surface area contributed by atoms with Gasteiger partial charge in [-0.15, -0.1) is 0 Å². The van der Waals surface area contributed by atoms with Crippen molar-refractivity contribution in [2.24, 2.45) is 0 Å². The van der Waals surface area contributed by atoms with Crippen LogP contribution in [-0.2, 0) is 4.79 Å². The van der Waals surface area contributed by atoms with Crippen molar-refractivity contribution in [2.45, 2.75) is 19.4 Å². The molecule has 1 aromatic heterocycles. The number of amides is 3. The molecule has 28 heavy (non-hydrogen) atoms. The quantitative estimate of drug-likeness (QED) is 0.840. The predicted octanol–water partition coefficient (Wildman–Crippen LogP) is 2.27. The lowest BCUT2D eigenvalue weighted by Crippen LogP contribution is -2.45. The zero-order chi connectivity index (χ0) is 20.1. The fourth-order valence-electron chi connectivity index (χ4n) is 3.23. The smallest absolute Gasteiger partial charge is 0.330 e. The molecule has 1 atom stereocenters. The third-order valence-corrected chi connectivity index (χ3v) is 4.69. The minimum atomic E-state index is -1.13. The lowest BCUT2D eigenvalue weighted by molar-refractivity contribution is -0.139. The second-order valence-corrected chi connectivity index (χ2v) is 6.74. The van der Waals surface area contributed by atoms with Gasteiger partial charge in [-0.2, -0.15) is 0 Å². The van der Waals surface area contributed by atoms with Crippen LogP contribution in [0.15, 0.2) is 47.1 Å². The number of aryl methyl sites for hydroxylation is 1. The number of nitrogens with one attached hydrogen (secondary N) is 1. The molecule has 0 bridgehead atoms. The Hall–Kier alpha value is -3.29. The van der Waals surface area contributed by atoms with E-state index in [1.807, 2.05) is 13.0 Å². The number of aliphatic carboxylic acids is 1. The molecular weight excluding hydrogens is 362 g/mol. The van der Waals surface area contributed by atoms with Gasteiger partial charge in [0.2, 0.25) is 0 Å². The lowest BCUT2D eigenvalue weighted by atomic mass is 10.0. The van der Waals surface area contributed by atoms with Crippen LogP contribution in [0.5, 0.6) is 0 Å². The number of benzene rings is 1. The van der Waals surface area contributed by atoms with Crippen LogP contribution in [-0.4, -0.2) is 59.0 Å². The zero-order valence-electron chi connectivity index (χ0n) is 15.6. The normalized spacial score (nSPS) is 15.6. The van der Waals surface area contributed by atoms with Crippen molar-refractivity contribution >= 4 is 17.9 Å². The standard InChI is InChI=1S/C20H23N3O5/c1-14-5-2-6-15(13-14)17(19(25)26)21-20(27)23-9-4-8-22(10-11-23)18(24)16-7-3-12-28-16/h2-3,5-7,12-13,17H,4,8-11H2,1H3,(H,21,27)(H,25,26)/t17-/m1/s1. The van der Waals surface area contributed by atoms with Crippen LogP contribution in [0.1, 0.15) is 34.1 Å². The first-order chi connectivity index (χ1) is 13.5. The Balaban J connectivity index is 1.64. The summed E-state index contributed by atoms with van der Waals surface area (Å²) in [5.74, 6) is -1.07. The Kier molecular flexibility index (Phi) is 5.98. The van der Waals surface area contributed by atoms with Gasteiger partial charge in [-0.05, 0) is 31.0 Å². The van der Waals surface area contributed by atoms with Crippen molar-refractivity contribution in [1.29, 1.82) is 0 Å². The van der Waals surface area contributed by atoms with Gasteiger partial charge in [0.1, 0.15) is 0 Å². The summed E-state index contributed by atoms with van der Waals surface area (Å²) in [6.45, 7) is 3.48. The summed E-state index contributed by atoms with van der Waals surface area (Å²) >= 11 is 0. The van der Waals surface area contributed by atoms with Crippen molar-refractivity contribution in [2.75, 3.05) is 26.2 Å². The molecule has 0 saturated carbocycles. The highest BCUT2D eigenvalue weighted by molar-refractivity contribution is 5.91. The first-order valence-electron chi connectivity index (χ1n) is 9.13. The van der Waals surface area contributed by atoms with Crippen LogP contribution in [0.2, 0.25) is 0 Å². The van der Waals surface area contributed by atoms with E-state index in [4.69, 9.17) is 4.42 Å². The molecule has 8 nitrogen and oxygen atoms in total. The van der Waals surface area contributed by atoms with Crippen molar-refractivity contribution in [1.82, 2.24) is 15.1 Å². The van der Waals surface area contributed by atoms with Gasteiger partial charge >= 0.3 is 12.0 Å². The van der Waals surface area contributed by atoms with E-state index in [9.17, 15) is 19.5 Å². The molecule has 8 heteroatoms. The number of carbonyl (C=O) groups is 3. The average molecular weight is 385 g/mol.